The van der Waals surface area contributed by atoms with E-state index in [2.05, 4.69) is 0 Å². The SMILES string of the molecule is O=C(O)C(O)C1=Cc2c(O)cccc2S1(=O)=O. The molecule has 7 heteroatoms. The number of carboxylic acids is 1. The Kier molecular flexibility index (Phi) is 2.44. The number of phenolic OH excluding ortho intramolecular Hbond substituents is 1. The summed E-state index contributed by atoms with van der Waals surface area (Å²) in [6.07, 6.45) is -1.16. The second-order valence-electron chi connectivity index (χ2n) is 3.48. The zero-order valence-electron chi connectivity index (χ0n) is 8.36. The maximum Gasteiger partial charge on any atom is 0.337 e. The summed E-state index contributed by atoms with van der Waals surface area (Å²) in [6.45, 7) is 0. The molecule has 90 valence electrons. The van der Waals surface area contributed by atoms with Crippen LogP contribution in [0.2, 0.25) is 0 Å². The van der Waals surface area contributed by atoms with Gasteiger partial charge in [0.25, 0.3) is 0 Å². The molecule has 6 nitrogen and oxygen atoms in total. The topological polar surface area (TPSA) is 112 Å². The number of fused-ring (bicyclic) bond motifs is 1. The molecule has 17 heavy (non-hydrogen) atoms. The molecule has 0 radical (unpaired) electrons. The van der Waals surface area contributed by atoms with Gasteiger partial charge in [0.15, 0.2) is 6.10 Å². The van der Waals surface area contributed by atoms with Gasteiger partial charge in [-0.1, -0.05) is 6.07 Å². The molecule has 1 unspecified atom stereocenters. The molecule has 0 saturated heterocycles. The summed E-state index contributed by atoms with van der Waals surface area (Å²) in [7, 11) is -4.04. The lowest BCUT2D eigenvalue weighted by Gasteiger charge is -2.06. The normalized spacial score (nSPS) is 18.3. The molecule has 1 atom stereocenters. The van der Waals surface area contributed by atoms with E-state index in [0.717, 1.165) is 6.08 Å². The number of aromatic hydroxyl groups is 1. The minimum absolute atomic E-state index is 0.00259. The number of aliphatic hydroxyl groups excluding tert-OH is 1. The van der Waals surface area contributed by atoms with Crippen molar-refractivity contribution in [3.8, 4) is 5.75 Å². The first-order valence-corrected chi connectivity index (χ1v) is 6.03. The molecule has 2 rings (SSSR count). The van der Waals surface area contributed by atoms with Crippen LogP contribution in [0.5, 0.6) is 5.75 Å². The number of hydrogen-bond donors (Lipinski definition) is 3. The summed E-state index contributed by atoms with van der Waals surface area (Å²) in [5.74, 6) is -1.94. The highest BCUT2D eigenvalue weighted by molar-refractivity contribution is 7.96. The summed E-state index contributed by atoms with van der Waals surface area (Å²) < 4.78 is 23.8. The second kappa shape index (κ2) is 3.57. The first-order chi connectivity index (χ1) is 7.85. The van der Waals surface area contributed by atoms with Crippen LogP contribution in [0.25, 0.3) is 6.08 Å². The Morgan fingerprint density at radius 3 is 2.47 bits per heavy atom. The highest BCUT2D eigenvalue weighted by Gasteiger charge is 2.38. The summed E-state index contributed by atoms with van der Waals surface area (Å²) >= 11 is 0. The number of rotatable bonds is 2. The number of carboxylic acid groups (broad SMARTS) is 1. The molecule has 0 aromatic heterocycles. The van der Waals surface area contributed by atoms with Gasteiger partial charge in [-0.15, -0.1) is 0 Å². The van der Waals surface area contributed by atoms with Crippen molar-refractivity contribution < 1.29 is 28.5 Å². The Bertz CT molecular complexity index is 628. The van der Waals surface area contributed by atoms with Crippen LogP contribution in [-0.4, -0.2) is 35.8 Å². The fourth-order valence-corrected chi connectivity index (χ4v) is 3.24. The van der Waals surface area contributed by atoms with Crippen molar-refractivity contribution in [1.82, 2.24) is 0 Å². The number of aliphatic carboxylic acids is 1. The summed E-state index contributed by atoms with van der Waals surface area (Å²) in [5, 5.41) is 27.4. The van der Waals surface area contributed by atoms with Crippen molar-refractivity contribution in [2.75, 3.05) is 0 Å². The summed E-state index contributed by atoms with van der Waals surface area (Å²) in [4.78, 5) is 9.75. The second-order valence-corrected chi connectivity index (χ2v) is 5.40. The predicted molar refractivity (Wildman–Crippen MR) is 56.9 cm³/mol. The number of hydrogen-bond acceptors (Lipinski definition) is 5. The standard InChI is InChI=1S/C10H8O6S/c11-6-2-1-3-7-5(6)4-8(17(7,15)16)9(12)10(13)14/h1-4,9,11-12H,(H,13,14). The summed E-state index contributed by atoms with van der Waals surface area (Å²) in [5.41, 5.74) is 0.00259. The van der Waals surface area contributed by atoms with Crippen molar-refractivity contribution >= 4 is 21.9 Å². The number of benzene rings is 1. The van der Waals surface area contributed by atoms with Crippen LogP contribution in [0.3, 0.4) is 0 Å². The van der Waals surface area contributed by atoms with Crippen LogP contribution < -0.4 is 0 Å². The van der Waals surface area contributed by atoms with Gasteiger partial charge in [-0.3, -0.25) is 0 Å². The smallest absolute Gasteiger partial charge is 0.337 e. The highest BCUT2D eigenvalue weighted by atomic mass is 32.2. The zero-order chi connectivity index (χ0) is 12.8. The van der Waals surface area contributed by atoms with Gasteiger partial charge in [0.1, 0.15) is 5.75 Å². The minimum Gasteiger partial charge on any atom is -0.507 e. The number of aliphatic hydroxyl groups is 1. The van der Waals surface area contributed by atoms with E-state index in [9.17, 15) is 23.4 Å². The first kappa shape index (κ1) is 11.6. The lowest BCUT2D eigenvalue weighted by Crippen LogP contribution is -2.25. The molecule has 1 aromatic carbocycles. The van der Waals surface area contributed by atoms with Gasteiger partial charge in [-0.05, 0) is 18.2 Å². The van der Waals surface area contributed by atoms with Crippen molar-refractivity contribution in [1.29, 1.82) is 0 Å². The minimum atomic E-state index is -4.04. The van der Waals surface area contributed by atoms with Gasteiger partial charge in [0, 0.05) is 5.56 Å². The fraction of sp³-hybridized carbons (Fsp3) is 0.100. The molecule has 0 aliphatic carbocycles. The molecule has 0 spiro atoms. The zero-order valence-corrected chi connectivity index (χ0v) is 9.18. The molecular formula is C10H8O6S. The van der Waals surface area contributed by atoms with Gasteiger partial charge in [0.2, 0.25) is 9.84 Å². The van der Waals surface area contributed by atoms with E-state index in [1.54, 1.807) is 0 Å². The van der Waals surface area contributed by atoms with Crippen molar-refractivity contribution in [2.45, 2.75) is 11.0 Å². The summed E-state index contributed by atoms with van der Waals surface area (Å²) in [6, 6.07) is 3.85. The van der Waals surface area contributed by atoms with Crippen LogP contribution in [0, 0.1) is 0 Å². The van der Waals surface area contributed by atoms with Crippen LogP contribution in [0.1, 0.15) is 5.56 Å². The molecule has 3 N–H and O–H groups in total. The number of carbonyl (C=O) groups is 1. The van der Waals surface area contributed by atoms with Crippen LogP contribution in [0.4, 0.5) is 0 Å². The van der Waals surface area contributed by atoms with E-state index in [1.807, 2.05) is 0 Å². The van der Waals surface area contributed by atoms with Gasteiger partial charge in [-0.2, -0.15) is 0 Å². The number of phenols is 1. The molecule has 0 bridgehead atoms. The first-order valence-electron chi connectivity index (χ1n) is 4.55. The van der Waals surface area contributed by atoms with Gasteiger partial charge >= 0.3 is 5.97 Å². The third kappa shape index (κ3) is 1.60. The van der Waals surface area contributed by atoms with Gasteiger partial charge in [-0.25, -0.2) is 13.2 Å². The Morgan fingerprint density at radius 1 is 1.29 bits per heavy atom. The molecule has 1 aliphatic rings. The Balaban J connectivity index is 2.67. The van der Waals surface area contributed by atoms with Crippen LogP contribution >= 0.6 is 0 Å². The lowest BCUT2D eigenvalue weighted by atomic mass is 10.1. The molecule has 1 aliphatic heterocycles. The monoisotopic (exact) mass is 256 g/mol. The molecule has 1 heterocycles. The van der Waals surface area contributed by atoms with E-state index < -0.39 is 26.8 Å². The molecule has 0 amide bonds. The number of sulfone groups is 1. The Hall–Kier alpha value is -1.86. The predicted octanol–water partition coefficient (Wildman–Crippen LogP) is -0.0341. The lowest BCUT2D eigenvalue weighted by molar-refractivity contribution is -0.144. The van der Waals surface area contributed by atoms with Crippen LogP contribution in [0.15, 0.2) is 28.0 Å². The maximum atomic E-state index is 11.9. The molecule has 0 fully saturated rings. The third-order valence-corrected chi connectivity index (χ3v) is 4.33. The quantitative estimate of drug-likeness (QED) is 0.684. The Labute approximate surface area is 96.4 Å². The fourth-order valence-electron chi connectivity index (χ4n) is 1.61. The van der Waals surface area contributed by atoms with E-state index in [0.29, 0.717) is 0 Å². The third-order valence-electron chi connectivity index (χ3n) is 2.43. The largest absolute Gasteiger partial charge is 0.507 e. The van der Waals surface area contributed by atoms with E-state index in [4.69, 9.17) is 5.11 Å². The van der Waals surface area contributed by atoms with Gasteiger partial charge < -0.3 is 15.3 Å². The molecule has 1 aromatic rings. The molecular weight excluding hydrogens is 248 g/mol. The van der Waals surface area contributed by atoms with E-state index >= 15 is 0 Å². The van der Waals surface area contributed by atoms with Crippen LogP contribution in [-0.2, 0) is 14.6 Å². The average molecular weight is 256 g/mol. The Morgan fingerprint density at radius 2 is 1.94 bits per heavy atom. The average Bonchev–Trinajstić information content (AvgIpc) is 2.51. The van der Waals surface area contributed by atoms with Crippen molar-refractivity contribution in [2.24, 2.45) is 0 Å². The molecule has 0 saturated carbocycles. The van der Waals surface area contributed by atoms with E-state index in [-0.39, 0.29) is 16.2 Å². The van der Waals surface area contributed by atoms with Crippen molar-refractivity contribution in [3.05, 3.63) is 28.7 Å². The van der Waals surface area contributed by atoms with E-state index in [1.165, 1.54) is 18.2 Å². The van der Waals surface area contributed by atoms with Crippen molar-refractivity contribution in [3.63, 3.8) is 0 Å². The van der Waals surface area contributed by atoms with Gasteiger partial charge in [0.05, 0.1) is 9.80 Å². The maximum absolute atomic E-state index is 11.9. The highest BCUT2D eigenvalue weighted by Crippen LogP contribution is 2.38.